The van der Waals surface area contributed by atoms with Crippen molar-refractivity contribution in [3.8, 4) is 0 Å². The van der Waals surface area contributed by atoms with E-state index in [1.165, 1.54) is 24.3 Å². The second-order valence-electron chi connectivity index (χ2n) is 5.24. The van der Waals surface area contributed by atoms with E-state index in [1.807, 2.05) is 19.1 Å². The van der Waals surface area contributed by atoms with Gasteiger partial charge in [0.05, 0.1) is 6.04 Å². The van der Waals surface area contributed by atoms with Crippen LogP contribution in [0.5, 0.6) is 0 Å². The third kappa shape index (κ3) is 4.98. The van der Waals surface area contributed by atoms with E-state index in [-0.39, 0.29) is 36.4 Å². The molecule has 1 aromatic heterocycles. The molecule has 1 aromatic carbocycles. The first-order valence-corrected chi connectivity index (χ1v) is 7.58. The zero-order valence-corrected chi connectivity index (χ0v) is 13.0. The predicted molar refractivity (Wildman–Crippen MR) is 85.4 cm³/mol. The lowest BCUT2D eigenvalue weighted by Crippen LogP contribution is -2.28. The first-order valence-electron chi connectivity index (χ1n) is 7.58. The minimum Gasteiger partial charge on any atom is -0.349 e. The number of pyridine rings is 1. The molecule has 0 aliphatic carbocycles. The van der Waals surface area contributed by atoms with Gasteiger partial charge in [0.1, 0.15) is 5.82 Å². The van der Waals surface area contributed by atoms with Gasteiger partial charge in [-0.25, -0.2) is 4.39 Å². The van der Waals surface area contributed by atoms with Crippen LogP contribution >= 0.6 is 0 Å². The van der Waals surface area contributed by atoms with Crippen LogP contribution in [0.3, 0.4) is 0 Å². The molecule has 0 saturated heterocycles. The molecule has 0 unspecified atom stereocenters. The number of Topliss-reactive ketones (excluding diaryl/α,β-unsaturated/α-hetero) is 1. The number of aromatic nitrogens is 1. The molecule has 0 bridgehead atoms. The summed E-state index contributed by atoms with van der Waals surface area (Å²) < 4.78 is 12.8. The fourth-order valence-corrected chi connectivity index (χ4v) is 2.29. The second-order valence-corrected chi connectivity index (χ2v) is 5.24. The third-order valence-corrected chi connectivity index (χ3v) is 3.60. The Labute approximate surface area is 134 Å². The Hall–Kier alpha value is -2.56. The Morgan fingerprint density at radius 1 is 1.09 bits per heavy atom. The molecule has 0 fully saturated rings. The van der Waals surface area contributed by atoms with Gasteiger partial charge in [-0.05, 0) is 48.4 Å². The van der Waals surface area contributed by atoms with E-state index in [0.717, 1.165) is 12.0 Å². The number of carbonyl (C=O) groups excluding carboxylic acids is 2. The maximum atomic E-state index is 12.8. The monoisotopic (exact) mass is 314 g/mol. The normalized spacial score (nSPS) is 11.7. The molecule has 1 N–H and O–H groups in total. The van der Waals surface area contributed by atoms with Crippen molar-refractivity contribution in [1.82, 2.24) is 10.3 Å². The van der Waals surface area contributed by atoms with Crippen LogP contribution in [0.15, 0.2) is 48.8 Å². The maximum Gasteiger partial charge on any atom is 0.220 e. The fourth-order valence-electron chi connectivity index (χ4n) is 2.29. The molecule has 0 aliphatic heterocycles. The first kappa shape index (κ1) is 16.8. The van der Waals surface area contributed by atoms with Gasteiger partial charge in [0, 0.05) is 30.8 Å². The molecule has 23 heavy (non-hydrogen) atoms. The van der Waals surface area contributed by atoms with Gasteiger partial charge in [0.2, 0.25) is 5.91 Å². The summed E-state index contributed by atoms with van der Waals surface area (Å²) in [7, 11) is 0. The number of hydrogen-bond acceptors (Lipinski definition) is 3. The Kier molecular flexibility index (Phi) is 5.97. The van der Waals surface area contributed by atoms with Gasteiger partial charge in [-0.1, -0.05) is 6.92 Å². The number of amides is 1. The van der Waals surface area contributed by atoms with Crippen molar-refractivity contribution < 1.29 is 14.0 Å². The SMILES string of the molecule is CC[C@@H](NC(=O)CCC(=O)c1ccc(F)cc1)c1ccncc1. The van der Waals surface area contributed by atoms with Crippen molar-refractivity contribution in [1.29, 1.82) is 0 Å². The van der Waals surface area contributed by atoms with Gasteiger partial charge in [0.25, 0.3) is 0 Å². The van der Waals surface area contributed by atoms with Crippen molar-refractivity contribution in [2.45, 2.75) is 32.2 Å². The Morgan fingerprint density at radius 3 is 2.35 bits per heavy atom. The molecule has 2 rings (SSSR count). The number of nitrogens with one attached hydrogen (secondary N) is 1. The standard InChI is InChI=1S/C18H19FN2O2/c1-2-16(13-9-11-20-12-10-13)21-18(23)8-7-17(22)14-3-5-15(19)6-4-14/h3-6,9-12,16H,2,7-8H2,1H3,(H,21,23)/t16-/m1/s1. The molecule has 1 amide bonds. The van der Waals surface area contributed by atoms with E-state index in [1.54, 1.807) is 12.4 Å². The van der Waals surface area contributed by atoms with Gasteiger partial charge in [-0.3, -0.25) is 14.6 Å². The summed E-state index contributed by atoms with van der Waals surface area (Å²) in [4.78, 5) is 28.0. The molecule has 0 aliphatic rings. The lowest BCUT2D eigenvalue weighted by atomic mass is 10.0. The van der Waals surface area contributed by atoms with Crippen LogP contribution in [-0.4, -0.2) is 16.7 Å². The summed E-state index contributed by atoms with van der Waals surface area (Å²) >= 11 is 0. The van der Waals surface area contributed by atoms with Crippen LogP contribution in [0.1, 0.15) is 48.1 Å². The molecule has 0 spiro atoms. The maximum absolute atomic E-state index is 12.8. The van der Waals surface area contributed by atoms with Crippen LogP contribution in [0.4, 0.5) is 4.39 Å². The fraction of sp³-hybridized carbons (Fsp3) is 0.278. The van der Waals surface area contributed by atoms with Crippen molar-refractivity contribution in [3.63, 3.8) is 0 Å². The number of hydrogen-bond donors (Lipinski definition) is 1. The van der Waals surface area contributed by atoms with E-state index < -0.39 is 0 Å². The van der Waals surface area contributed by atoms with E-state index in [9.17, 15) is 14.0 Å². The van der Waals surface area contributed by atoms with Gasteiger partial charge in [-0.2, -0.15) is 0 Å². The van der Waals surface area contributed by atoms with Crippen LogP contribution < -0.4 is 5.32 Å². The topological polar surface area (TPSA) is 59.1 Å². The van der Waals surface area contributed by atoms with Crippen molar-refractivity contribution in [2.75, 3.05) is 0 Å². The molecular weight excluding hydrogens is 295 g/mol. The van der Waals surface area contributed by atoms with Gasteiger partial charge >= 0.3 is 0 Å². The summed E-state index contributed by atoms with van der Waals surface area (Å²) in [6, 6.07) is 8.97. The zero-order valence-electron chi connectivity index (χ0n) is 13.0. The number of ketones is 1. The Bertz CT molecular complexity index is 656. The summed E-state index contributed by atoms with van der Waals surface area (Å²) in [5.74, 6) is -0.733. The van der Waals surface area contributed by atoms with Crippen LogP contribution in [-0.2, 0) is 4.79 Å². The van der Waals surface area contributed by atoms with Gasteiger partial charge in [-0.15, -0.1) is 0 Å². The molecule has 120 valence electrons. The first-order chi connectivity index (χ1) is 11.1. The summed E-state index contributed by atoms with van der Waals surface area (Å²) in [6.07, 6.45) is 4.33. The van der Waals surface area contributed by atoms with E-state index in [4.69, 9.17) is 0 Å². The van der Waals surface area contributed by atoms with E-state index in [2.05, 4.69) is 10.3 Å². The largest absolute Gasteiger partial charge is 0.349 e. The summed E-state index contributed by atoms with van der Waals surface area (Å²) in [5, 5.41) is 2.92. The third-order valence-electron chi connectivity index (χ3n) is 3.60. The molecular formula is C18H19FN2O2. The number of rotatable bonds is 7. The zero-order chi connectivity index (χ0) is 16.7. The average Bonchev–Trinajstić information content (AvgIpc) is 2.59. The summed E-state index contributed by atoms with van der Waals surface area (Å²) in [5.41, 5.74) is 1.40. The number of carbonyl (C=O) groups is 2. The highest BCUT2D eigenvalue weighted by atomic mass is 19.1. The Balaban J connectivity index is 1.87. The number of benzene rings is 1. The molecule has 2 aromatic rings. The molecule has 1 heterocycles. The summed E-state index contributed by atoms with van der Waals surface area (Å²) in [6.45, 7) is 1.98. The van der Waals surface area contributed by atoms with Crippen LogP contribution in [0.25, 0.3) is 0 Å². The lowest BCUT2D eigenvalue weighted by molar-refractivity contribution is -0.121. The van der Waals surface area contributed by atoms with Crippen LogP contribution in [0.2, 0.25) is 0 Å². The highest BCUT2D eigenvalue weighted by molar-refractivity contribution is 5.97. The van der Waals surface area contributed by atoms with Crippen molar-refractivity contribution in [2.24, 2.45) is 0 Å². The minimum atomic E-state index is -0.387. The molecule has 0 saturated carbocycles. The van der Waals surface area contributed by atoms with Gasteiger partial charge in [0.15, 0.2) is 5.78 Å². The smallest absolute Gasteiger partial charge is 0.220 e. The van der Waals surface area contributed by atoms with Crippen molar-refractivity contribution in [3.05, 3.63) is 65.7 Å². The Morgan fingerprint density at radius 2 is 1.74 bits per heavy atom. The number of halogens is 1. The molecule has 0 radical (unpaired) electrons. The molecule has 1 atom stereocenters. The lowest BCUT2D eigenvalue weighted by Gasteiger charge is -2.17. The van der Waals surface area contributed by atoms with E-state index in [0.29, 0.717) is 5.56 Å². The predicted octanol–water partition coefficient (Wildman–Crippen LogP) is 3.45. The van der Waals surface area contributed by atoms with Crippen LogP contribution in [0, 0.1) is 5.82 Å². The molecule has 4 nitrogen and oxygen atoms in total. The average molecular weight is 314 g/mol. The van der Waals surface area contributed by atoms with E-state index >= 15 is 0 Å². The van der Waals surface area contributed by atoms with Gasteiger partial charge < -0.3 is 5.32 Å². The highest BCUT2D eigenvalue weighted by Gasteiger charge is 2.14. The minimum absolute atomic E-state index is 0.0913. The quantitative estimate of drug-likeness (QED) is 0.796. The van der Waals surface area contributed by atoms with Crippen molar-refractivity contribution >= 4 is 11.7 Å². The highest BCUT2D eigenvalue weighted by Crippen LogP contribution is 2.16. The second kappa shape index (κ2) is 8.17. The number of nitrogens with zero attached hydrogens (tertiary/aromatic N) is 1. The molecule has 5 heteroatoms.